The summed E-state index contributed by atoms with van der Waals surface area (Å²) in [6.45, 7) is 1.60. The lowest BCUT2D eigenvalue weighted by Crippen LogP contribution is -2.27. The number of hydrogen-bond donors (Lipinski definition) is 0. The minimum absolute atomic E-state index is 0.0213. The van der Waals surface area contributed by atoms with E-state index in [4.69, 9.17) is 0 Å². The number of benzene rings is 1. The minimum Gasteiger partial charge on any atom is -0.339 e. The van der Waals surface area contributed by atoms with Gasteiger partial charge in [0.05, 0.1) is 10.6 Å². The highest BCUT2D eigenvalue weighted by Gasteiger charge is 2.20. The summed E-state index contributed by atoms with van der Waals surface area (Å²) < 4.78 is 25.4. The predicted octanol–water partition coefficient (Wildman–Crippen LogP) is 2.23. The molecule has 0 aliphatic carbocycles. The van der Waals surface area contributed by atoms with E-state index in [0.717, 1.165) is 31.5 Å². The molecule has 2 heterocycles. The van der Waals surface area contributed by atoms with Crippen LogP contribution in [0.1, 0.15) is 23.2 Å². The van der Waals surface area contributed by atoms with Crippen LogP contribution in [0.2, 0.25) is 0 Å². The Bertz CT molecular complexity index is 871. The molecule has 0 unspecified atom stereocenters. The Hall–Kier alpha value is -2.25. The van der Waals surface area contributed by atoms with E-state index < -0.39 is 10.0 Å². The Morgan fingerprint density at radius 3 is 2.32 bits per heavy atom. The van der Waals surface area contributed by atoms with Gasteiger partial charge < -0.3 is 4.90 Å². The Labute approximate surface area is 148 Å². The third kappa shape index (κ3) is 3.57. The van der Waals surface area contributed by atoms with Crippen molar-refractivity contribution < 1.29 is 13.2 Å². The maximum atomic E-state index is 12.5. The summed E-state index contributed by atoms with van der Waals surface area (Å²) in [4.78, 5) is 18.9. The molecule has 2 aromatic rings. The van der Waals surface area contributed by atoms with E-state index in [1.807, 2.05) is 4.90 Å². The summed E-state index contributed by atoms with van der Waals surface area (Å²) in [6.07, 6.45) is 3.71. The Kier molecular flexibility index (Phi) is 4.87. The van der Waals surface area contributed by atoms with Crippen molar-refractivity contribution in [3.05, 3.63) is 48.2 Å². The second kappa shape index (κ2) is 6.93. The highest BCUT2D eigenvalue weighted by molar-refractivity contribution is 7.89. The van der Waals surface area contributed by atoms with Gasteiger partial charge in [-0.2, -0.15) is 0 Å². The number of sulfonamides is 1. The molecular formula is C18H21N3O3S. The first-order valence-electron chi connectivity index (χ1n) is 8.18. The van der Waals surface area contributed by atoms with Gasteiger partial charge >= 0.3 is 0 Å². The summed E-state index contributed by atoms with van der Waals surface area (Å²) in [7, 11) is -0.460. The van der Waals surface area contributed by atoms with E-state index >= 15 is 0 Å². The van der Waals surface area contributed by atoms with Crippen molar-refractivity contribution in [2.24, 2.45) is 0 Å². The Morgan fingerprint density at radius 2 is 1.72 bits per heavy atom. The quantitative estimate of drug-likeness (QED) is 0.839. The molecule has 1 amide bonds. The fraction of sp³-hybridized carbons (Fsp3) is 0.333. The lowest BCUT2D eigenvalue weighted by Gasteiger charge is -2.15. The molecule has 1 aliphatic heterocycles. The highest BCUT2D eigenvalue weighted by Crippen LogP contribution is 2.22. The van der Waals surface area contributed by atoms with Crippen molar-refractivity contribution in [1.82, 2.24) is 14.2 Å². The minimum atomic E-state index is -3.46. The number of carbonyl (C=O) groups is 1. The molecule has 0 radical (unpaired) electrons. The molecule has 1 aromatic heterocycles. The SMILES string of the molecule is CN(C)S(=O)(=O)c1ccc(-c2cc(C(=O)N3CCCC3)ccn2)cc1. The van der Waals surface area contributed by atoms with Gasteiger partial charge in [0.2, 0.25) is 10.0 Å². The van der Waals surface area contributed by atoms with Crippen LogP contribution in [0, 0.1) is 0 Å². The van der Waals surface area contributed by atoms with Crippen molar-refractivity contribution in [2.45, 2.75) is 17.7 Å². The maximum absolute atomic E-state index is 12.5. The van der Waals surface area contributed by atoms with Crippen LogP contribution in [-0.4, -0.2) is 55.7 Å². The summed E-state index contributed by atoms with van der Waals surface area (Å²) >= 11 is 0. The molecule has 0 saturated carbocycles. The Balaban J connectivity index is 1.87. The molecule has 3 rings (SSSR count). The van der Waals surface area contributed by atoms with Crippen molar-refractivity contribution >= 4 is 15.9 Å². The van der Waals surface area contributed by atoms with Crippen LogP contribution < -0.4 is 0 Å². The van der Waals surface area contributed by atoms with E-state index in [9.17, 15) is 13.2 Å². The molecule has 25 heavy (non-hydrogen) atoms. The predicted molar refractivity (Wildman–Crippen MR) is 95.7 cm³/mol. The summed E-state index contributed by atoms with van der Waals surface area (Å²) in [6, 6.07) is 10.0. The molecule has 132 valence electrons. The molecule has 0 spiro atoms. The van der Waals surface area contributed by atoms with Crippen molar-refractivity contribution in [3.8, 4) is 11.3 Å². The highest BCUT2D eigenvalue weighted by atomic mass is 32.2. The van der Waals surface area contributed by atoms with Crippen molar-refractivity contribution in [3.63, 3.8) is 0 Å². The second-order valence-corrected chi connectivity index (χ2v) is 8.39. The average Bonchev–Trinajstić information content (AvgIpc) is 3.16. The van der Waals surface area contributed by atoms with Gasteiger partial charge in [-0.3, -0.25) is 9.78 Å². The second-order valence-electron chi connectivity index (χ2n) is 6.24. The molecule has 1 aliphatic rings. The van der Waals surface area contributed by atoms with Gasteiger partial charge in [-0.25, -0.2) is 12.7 Å². The summed E-state index contributed by atoms with van der Waals surface area (Å²) in [5.41, 5.74) is 2.03. The first kappa shape index (κ1) is 17.6. The van der Waals surface area contributed by atoms with Gasteiger partial charge in [0.1, 0.15) is 0 Å². The molecule has 1 aromatic carbocycles. The molecule has 0 atom stereocenters. The third-order valence-corrected chi connectivity index (χ3v) is 6.16. The first-order chi connectivity index (χ1) is 11.9. The number of nitrogens with zero attached hydrogens (tertiary/aromatic N) is 3. The van der Waals surface area contributed by atoms with E-state index in [2.05, 4.69) is 4.98 Å². The van der Waals surface area contributed by atoms with Crippen LogP contribution in [0.15, 0.2) is 47.5 Å². The zero-order valence-electron chi connectivity index (χ0n) is 14.3. The zero-order valence-corrected chi connectivity index (χ0v) is 15.2. The topological polar surface area (TPSA) is 70.6 Å². The Morgan fingerprint density at radius 1 is 1.08 bits per heavy atom. The average molecular weight is 359 g/mol. The molecule has 1 fully saturated rings. The monoisotopic (exact) mass is 359 g/mol. The van der Waals surface area contributed by atoms with Crippen molar-refractivity contribution in [1.29, 1.82) is 0 Å². The molecule has 7 heteroatoms. The van der Waals surface area contributed by atoms with Gasteiger partial charge in [0, 0.05) is 44.5 Å². The number of rotatable bonds is 4. The lowest BCUT2D eigenvalue weighted by molar-refractivity contribution is 0.0792. The molecule has 0 bridgehead atoms. The number of pyridine rings is 1. The number of aromatic nitrogens is 1. The van der Waals surface area contributed by atoms with Crippen LogP contribution >= 0.6 is 0 Å². The van der Waals surface area contributed by atoms with Gasteiger partial charge in [-0.15, -0.1) is 0 Å². The van der Waals surface area contributed by atoms with E-state index in [1.54, 1.807) is 42.6 Å². The molecular weight excluding hydrogens is 338 g/mol. The van der Waals surface area contributed by atoms with Gasteiger partial charge in [0.25, 0.3) is 5.91 Å². The van der Waals surface area contributed by atoms with Gasteiger partial charge in [-0.05, 0) is 37.1 Å². The van der Waals surface area contributed by atoms with E-state index in [-0.39, 0.29) is 10.8 Å². The van der Waals surface area contributed by atoms with E-state index in [1.165, 1.54) is 18.4 Å². The van der Waals surface area contributed by atoms with E-state index in [0.29, 0.717) is 11.3 Å². The lowest BCUT2D eigenvalue weighted by atomic mass is 10.1. The van der Waals surface area contributed by atoms with Crippen LogP contribution in [-0.2, 0) is 10.0 Å². The standard InChI is InChI=1S/C18H21N3O3S/c1-20(2)25(23,24)16-7-5-14(6-8-16)17-13-15(9-10-19-17)18(22)21-11-3-4-12-21/h5-10,13H,3-4,11-12H2,1-2H3. The number of hydrogen-bond acceptors (Lipinski definition) is 4. The first-order valence-corrected chi connectivity index (χ1v) is 9.62. The third-order valence-electron chi connectivity index (χ3n) is 4.33. The smallest absolute Gasteiger partial charge is 0.253 e. The summed E-state index contributed by atoms with van der Waals surface area (Å²) in [5, 5.41) is 0. The van der Waals surface area contributed by atoms with Crippen LogP contribution in [0.4, 0.5) is 0 Å². The normalized spacial score (nSPS) is 14.9. The van der Waals surface area contributed by atoms with Crippen LogP contribution in [0.3, 0.4) is 0 Å². The van der Waals surface area contributed by atoms with Crippen LogP contribution in [0.25, 0.3) is 11.3 Å². The fourth-order valence-corrected chi connectivity index (χ4v) is 3.73. The zero-order chi connectivity index (χ0) is 18.0. The molecule has 0 N–H and O–H groups in total. The largest absolute Gasteiger partial charge is 0.339 e. The summed E-state index contributed by atoms with van der Waals surface area (Å²) in [5.74, 6) is 0.0213. The van der Waals surface area contributed by atoms with Gasteiger partial charge in [0.15, 0.2) is 0 Å². The maximum Gasteiger partial charge on any atom is 0.253 e. The number of carbonyl (C=O) groups excluding carboxylic acids is 1. The molecule has 1 saturated heterocycles. The van der Waals surface area contributed by atoms with Crippen LogP contribution in [0.5, 0.6) is 0 Å². The fourth-order valence-electron chi connectivity index (χ4n) is 2.83. The van der Waals surface area contributed by atoms with Gasteiger partial charge in [-0.1, -0.05) is 12.1 Å². The number of amides is 1. The van der Waals surface area contributed by atoms with Crippen molar-refractivity contribution in [2.75, 3.05) is 27.2 Å². The number of likely N-dealkylation sites (tertiary alicyclic amines) is 1. The molecule has 6 nitrogen and oxygen atoms in total.